The van der Waals surface area contributed by atoms with Gasteiger partial charge in [0.2, 0.25) is 0 Å². The van der Waals surface area contributed by atoms with E-state index < -0.39 is 0 Å². The number of rotatable bonds is 4. The molecule has 1 aromatic carbocycles. The van der Waals surface area contributed by atoms with Gasteiger partial charge in [0.25, 0.3) is 0 Å². The van der Waals surface area contributed by atoms with Crippen molar-refractivity contribution < 1.29 is 0 Å². The van der Waals surface area contributed by atoms with Crippen LogP contribution in [0.5, 0.6) is 0 Å². The van der Waals surface area contributed by atoms with Crippen LogP contribution in [0.1, 0.15) is 19.4 Å². The van der Waals surface area contributed by atoms with Gasteiger partial charge >= 0.3 is 0 Å². The Morgan fingerprint density at radius 2 is 2.16 bits per heavy atom. The molecule has 1 aromatic rings. The second-order valence-corrected chi connectivity index (χ2v) is 6.22. The van der Waals surface area contributed by atoms with E-state index in [1.165, 1.54) is 15.7 Å². The first-order valence-electron chi connectivity index (χ1n) is 7.06. The lowest BCUT2D eigenvalue weighted by Gasteiger charge is -2.40. The third-order valence-corrected chi connectivity index (χ3v) is 4.50. The predicted octanol–water partition coefficient (Wildman–Crippen LogP) is 2.70. The number of hydrogen-bond acceptors (Lipinski definition) is 3. The number of anilines is 1. The van der Waals surface area contributed by atoms with Gasteiger partial charge in [0, 0.05) is 42.4 Å². The molecular weight excluding hydrogens is 302 g/mol. The summed E-state index contributed by atoms with van der Waals surface area (Å²) in [6, 6.07) is 7.31. The van der Waals surface area contributed by atoms with Crippen molar-refractivity contribution >= 4 is 21.6 Å². The molecule has 19 heavy (non-hydrogen) atoms. The average Bonchev–Trinajstić information content (AvgIpc) is 2.37. The minimum Gasteiger partial charge on any atom is -0.366 e. The monoisotopic (exact) mass is 325 g/mol. The molecule has 0 aliphatic carbocycles. The molecule has 0 aromatic heterocycles. The lowest BCUT2D eigenvalue weighted by atomic mass is 10.1. The molecule has 0 amide bonds. The van der Waals surface area contributed by atoms with Crippen LogP contribution in [-0.2, 0) is 6.54 Å². The van der Waals surface area contributed by atoms with E-state index in [2.05, 4.69) is 70.1 Å². The van der Waals surface area contributed by atoms with Crippen LogP contribution in [-0.4, -0.2) is 44.2 Å². The summed E-state index contributed by atoms with van der Waals surface area (Å²) < 4.78 is 1.21. The van der Waals surface area contributed by atoms with E-state index in [0.717, 1.165) is 32.7 Å². The topological polar surface area (TPSA) is 18.5 Å². The normalized spacial score (nSPS) is 20.8. The van der Waals surface area contributed by atoms with Gasteiger partial charge in [-0.15, -0.1) is 0 Å². The van der Waals surface area contributed by atoms with Crippen molar-refractivity contribution in [1.82, 2.24) is 10.2 Å². The fraction of sp³-hybridized carbons (Fsp3) is 0.600. The SMILES string of the molecule is CCNCc1ccc(N2CCN(C)CC2C)cc1Br. The second kappa shape index (κ2) is 6.73. The summed E-state index contributed by atoms with van der Waals surface area (Å²) in [5.74, 6) is 0. The van der Waals surface area contributed by atoms with Crippen LogP contribution in [0.2, 0.25) is 0 Å². The second-order valence-electron chi connectivity index (χ2n) is 5.36. The van der Waals surface area contributed by atoms with E-state index in [0.29, 0.717) is 6.04 Å². The van der Waals surface area contributed by atoms with Gasteiger partial charge in [0.15, 0.2) is 0 Å². The third-order valence-electron chi connectivity index (χ3n) is 3.76. The molecule has 3 nitrogen and oxygen atoms in total. The van der Waals surface area contributed by atoms with Crippen LogP contribution in [0.15, 0.2) is 22.7 Å². The summed E-state index contributed by atoms with van der Waals surface area (Å²) in [5, 5.41) is 3.37. The van der Waals surface area contributed by atoms with Crippen molar-refractivity contribution in [1.29, 1.82) is 0 Å². The molecule has 106 valence electrons. The fourth-order valence-electron chi connectivity index (χ4n) is 2.64. The number of likely N-dealkylation sites (N-methyl/N-ethyl adjacent to an activating group) is 1. The molecule has 1 saturated heterocycles. The summed E-state index contributed by atoms with van der Waals surface area (Å²) in [5.41, 5.74) is 2.65. The Balaban J connectivity index is 2.10. The highest BCUT2D eigenvalue weighted by molar-refractivity contribution is 9.10. The standard InChI is InChI=1S/C15H24BrN3/c1-4-17-10-13-5-6-14(9-15(13)16)19-8-7-18(3)11-12(19)2/h5-6,9,12,17H,4,7-8,10-11H2,1-3H3. The highest BCUT2D eigenvalue weighted by Crippen LogP contribution is 2.26. The summed E-state index contributed by atoms with van der Waals surface area (Å²) in [6.07, 6.45) is 0. The molecule has 2 rings (SSSR count). The first kappa shape index (κ1) is 14.8. The first-order valence-corrected chi connectivity index (χ1v) is 7.85. The zero-order valence-electron chi connectivity index (χ0n) is 12.1. The molecular formula is C15H24BrN3. The number of halogens is 1. The van der Waals surface area contributed by atoms with Crippen molar-refractivity contribution in [2.45, 2.75) is 26.4 Å². The number of hydrogen-bond donors (Lipinski definition) is 1. The van der Waals surface area contributed by atoms with Crippen molar-refractivity contribution in [2.75, 3.05) is 38.1 Å². The Bertz CT molecular complexity index is 422. The van der Waals surface area contributed by atoms with Crippen LogP contribution in [0.3, 0.4) is 0 Å². The van der Waals surface area contributed by atoms with Crippen LogP contribution in [0.4, 0.5) is 5.69 Å². The molecule has 4 heteroatoms. The number of benzene rings is 1. The Labute approximate surface area is 125 Å². The van der Waals surface area contributed by atoms with Crippen molar-refractivity contribution in [3.8, 4) is 0 Å². The number of nitrogens with one attached hydrogen (secondary N) is 1. The first-order chi connectivity index (χ1) is 9.11. The van der Waals surface area contributed by atoms with Crippen LogP contribution in [0, 0.1) is 0 Å². The lowest BCUT2D eigenvalue weighted by molar-refractivity contribution is 0.275. The smallest absolute Gasteiger partial charge is 0.0389 e. The maximum Gasteiger partial charge on any atom is 0.0389 e. The highest BCUT2D eigenvalue weighted by atomic mass is 79.9. The van der Waals surface area contributed by atoms with Gasteiger partial charge in [-0.1, -0.05) is 28.9 Å². The summed E-state index contributed by atoms with van der Waals surface area (Å²) >= 11 is 3.70. The molecule has 1 unspecified atom stereocenters. The molecule has 1 fully saturated rings. The Kier molecular flexibility index (Phi) is 5.25. The van der Waals surface area contributed by atoms with E-state index in [4.69, 9.17) is 0 Å². The van der Waals surface area contributed by atoms with Gasteiger partial charge in [0.1, 0.15) is 0 Å². The molecule has 1 aliphatic heterocycles. The van der Waals surface area contributed by atoms with E-state index in [1.807, 2.05) is 0 Å². The number of piperazine rings is 1. The van der Waals surface area contributed by atoms with Gasteiger partial charge in [-0.25, -0.2) is 0 Å². The summed E-state index contributed by atoms with van der Waals surface area (Å²) in [4.78, 5) is 4.90. The van der Waals surface area contributed by atoms with E-state index in [9.17, 15) is 0 Å². The number of nitrogens with zero attached hydrogens (tertiary/aromatic N) is 2. The van der Waals surface area contributed by atoms with Crippen molar-refractivity contribution in [3.05, 3.63) is 28.2 Å². The van der Waals surface area contributed by atoms with Gasteiger partial charge < -0.3 is 15.1 Å². The van der Waals surface area contributed by atoms with Crippen LogP contribution >= 0.6 is 15.9 Å². The van der Waals surface area contributed by atoms with Crippen LogP contribution < -0.4 is 10.2 Å². The predicted molar refractivity (Wildman–Crippen MR) is 85.8 cm³/mol. The van der Waals surface area contributed by atoms with Gasteiger partial charge in [0.05, 0.1) is 0 Å². The lowest BCUT2D eigenvalue weighted by Crippen LogP contribution is -2.50. The van der Waals surface area contributed by atoms with E-state index >= 15 is 0 Å². The zero-order chi connectivity index (χ0) is 13.8. The molecule has 0 radical (unpaired) electrons. The minimum atomic E-state index is 0.574. The van der Waals surface area contributed by atoms with Crippen molar-refractivity contribution in [3.63, 3.8) is 0 Å². The third kappa shape index (κ3) is 3.71. The Morgan fingerprint density at radius 1 is 1.37 bits per heavy atom. The summed E-state index contributed by atoms with van der Waals surface area (Å²) in [6.45, 7) is 9.75. The Hall–Kier alpha value is -0.580. The molecule has 0 spiro atoms. The fourth-order valence-corrected chi connectivity index (χ4v) is 3.15. The molecule has 1 heterocycles. The quantitative estimate of drug-likeness (QED) is 0.918. The summed E-state index contributed by atoms with van der Waals surface area (Å²) in [7, 11) is 2.20. The van der Waals surface area contributed by atoms with Gasteiger partial charge in [-0.2, -0.15) is 0 Å². The zero-order valence-corrected chi connectivity index (χ0v) is 13.7. The minimum absolute atomic E-state index is 0.574. The van der Waals surface area contributed by atoms with E-state index in [-0.39, 0.29) is 0 Å². The maximum absolute atomic E-state index is 3.70. The maximum atomic E-state index is 3.70. The molecule has 0 bridgehead atoms. The molecule has 0 saturated carbocycles. The Morgan fingerprint density at radius 3 is 2.79 bits per heavy atom. The highest BCUT2D eigenvalue weighted by Gasteiger charge is 2.21. The van der Waals surface area contributed by atoms with Gasteiger partial charge in [-0.05, 0) is 38.2 Å². The molecule has 1 N–H and O–H groups in total. The van der Waals surface area contributed by atoms with Crippen molar-refractivity contribution in [2.24, 2.45) is 0 Å². The molecule has 1 atom stereocenters. The van der Waals surface area contributed by atoms with Crippen LogP contribution in [0.25, 0.3) is 0 Å². The largest absolute Gasteiger partial charge is 0.366 e. The molecule has 1 aliphatic rings. The average molecular weight is 326 g/mol. The van der Waals surface area contributed by atoms with Gasteiger partial charge in [-0.3, -0.25) is 0 Å². The van der Waals surface area contributed by atoms with E-state index in [1.54, 1.807) is 0 Å².